The highest BCUT2D eigenvalue weighted by molar-refractivity contribution is 7.15. The van der Waals surface area contributed by atoms with Gasteiger partial charge in [0.05, 0.1) is 0 Å². The maximum Gasteiger partial charge on any atom is 0.254 e. The van der Waals surface area contributed by atoms with Crippen molar-refractivity contribution in [3.8, 4) is 0 Å². The molecule has 2 amide bonds. The first-order valence-electron chi connectivity index (χ1n) is 9.63. The van der Waals surface area contributed by atoms with Gasteiger partial charge in [-0.05, 0) is 43.2 Å². The number of rotatable bonds is 6. The quantitative estimate of drug-likeness (QED) is 0.805. The average Bonchev–Trinajstić information content (AvgIpc) is 3.27. The van der Waals surface area contributed by atoms with Crippen molar-refractivity contribution in [3.05, 3.63) is 40.4 Å². The minimum Gasteiger partial charge on any atom is -0.377 e. The maximum atomic E-state index is 12.5. The minimum atomic E-state index is -0.00231. The lowest BCUT2D eigenvalue weighted by Crippen LogP contribution is -2.34. The molecule has 7 nitrogen and oxygen atoms in total. The van der Waals surface area contributed by atoms with Gasteiger partial charge < -0.3 is 15.0 Å². The van der Waals surface area contributed by atoms with Crippen LogP contribution in [0.15, 0.2) is 24.3 Å². The summed E-state index contributed by atoms with van der Waals surface area (Å²) in [5, 5.41) is 12.1. The molecule has 1 fully saturated rings. The lowest BCUT2D eigenvalue weighted by atomic mass is 9.81. The van der Waals surface area contributed by atoms with Crippen LogP contribution in [0.2, 0.25) is 0 Å². The van der Waals surface area contributed by atoms with Crippen molar-refractivity contribution in [3.63, 3.8) is 0 Å². The molecule has 1 aromatic heterocycles. The molecule has 0 saturated heterocycles. The molecule has 2 heterocycles. The third-order valence-electron chi connectivity index (χ3n) is 5.56. The van der Waals surface area contributed by atoms with Crippen molar-refractivity contribution in [2.75, 3.05) is 19.0 Å². The third-order valence-corrected chi connectivity index (χ3v) is 6.37. The zero-order valence-corrected chi connectivity index (χ0v) is 16.7. The second kappa shape index (κ2) is 8.36. The fourth-order valence-electron chi connectivity index (χ4n) is 4.07. The first-order chi connectivity index (χ1) is 13.6. The number of ether oxygens (including phenoxy) is 1. The Morgan fingerprint density at radius 2 is 2.04 bits per heavy atom. The molecular formula is C20H24N4O3S. The zero-order valence-electron chi connectivity index (χ0n) is 15.9. The largest absolute Gasteiger partial charge is 0.377 e. The van der Waals surface area contributed by atoms with E-state index in [0.29, 0.717) is 24.2 Å². The number of carbonyl (C=O) groups excluding carboxylic acids is 2. The van der Waals surface area contributed by atoms with Crippen LogP contribution in [-0.2, 0) is 22.7 Å². The van der Waals surface area contributed by atoms with Gasteiger partial charge in [0, 0.05) is 31.7 Å². The average molecular weight is 401 g/mol. The number of fused-ring (bicyclic) bond motifs is 1. The fourth-order valence-corrected chi connectivity index (χ4v) is 4.79. The van der Waals surface area contributed by atoms with Crippen molar-refractivity contribution in [2.24, 2.45) is 11.8 Å². The van der Waals surface area contributed by atoms with Crippen LogP contribution >= 0.6 is 11.3 Å². The van der Waals surface area contributed by atoms with Crippen LogP contribution in [0.1, 0.15) is 46.6 Å². The molecule has 2 aliphatic rings. The van der Waals surface area contributed by atoms with E-state index < -0.39 is 0 Å². The van der Waals surface area contributed by atoms with Crippen LogP contribution in [0.4, 0.5) is 5.13 Å². The van der Waals surface area contributed by atoms with E-state index in [0.717, 1.165) is 48.4 Å². The zero-order chi connectivity index (χ0) is 19.5. The van der Waals surface area contributed by atoms with Crippen molar-refractivity contribution in [2.45, 2.75) is 38.8 Å². The number of aromatic nitrogens is 2. The lowest BCUT2D eigenvalue weighted by molar-refractivity contribution is -0.121. The van der Waals surface area contributed by atoms with Gasteiger partial charge in [0.15, 0.2) is 0 Å². The van der Waals surface area contributed by atoms with Gasteiger partial charge in [-0.1, -0.05) is 29.5 Å². The molecule has 1 aromatic carbocycles. The topological polar surface area (TPSA) is 84.4 Å². The van der Waals surface area contributed by atoms with Crippen molar-refractivity contribution >= 4 is 28.3 Å². The van der Waals surface area contributed by atoms with E-state index >= 15 is 0 Å². The molecule has 0 atom stereocenters. The number of nitrogens with one attached hydrogen (secondary N) is 1. The lowest BCUT2D eigenvalue weighted by Gasteiger charge is -2.30. The highest BCUT2D eigenvalue weighted by Crippen LogP contribution is 2.32. The highest BCUT2D eigenvalue weighted by atomic mass is 32.1. The SMILES string of the molecule is COCc1nnc(NC(=O)C2CCC(CN3Cc4ccccc4C3=O)CC2)s1. The van der Waals surface area contributed by atoms with E-state index in [4.69, 9.17) is 4.74 Å². The van der Waals surface area contributed by atoms with Crippen LogP contribution < -0.4 is 5.32 Å². The predicted molar refractivity (Wildman–Crippen MR) is 106 cm³/mol. The summed E-state index contributed by atoms with van der Waals surface area (Å²) in [6.45, 7) is 1.88. The van der Waals surface area contributed by atoms with Crippen LogP contribution in [0.3, 0.4) is 0 Å². The Balaban J connectivity index is 1.25. The Labute approximate surface area is 168 Å². The molecule has 8 heteroatoms. The Kier molecular flexibility index (Phi) is 5.68. The van der Waals surface area contributed by atoms with Gasteiger partial charge in [0.2, 0.25) is 11.0 Å². The molecule has 1 aliphatic carbocycles. The molecule has 4 rings (SSSR count). The Hall–Kier alpha value is -2.32. The number of anilines is 1. The molecular weight excluding hydrogens is 376 g/mol. The molecule has 0 bridgehead atoms. The summed E-state index contributed by atoms with van der Waals surface area (Å²) < 4.78 is 5.02. The van der Waals surface area contributed by atoms with Gasteiger partial charge >= 0.3 is 0 Å². The standard InChI is InChI=1S/C20H24N4O3S/c1-27-12-17-22-23-20(28-17)21-18(25)14-8-6-13(7-9-14)10-24-11-15-4-2-3-5-16(15)19(24)26/h2-5,13-14H,6-12H2,1H3,(H,21,23,25). The normalized spacial score (nSPS) is 21.6. The minimum absolute atomic E-state index is 0.00231. The Bertz CT molecular complexity index is 861. The van der Waals surface area contributed by atoms with Gasteiger partial charge in [0.1, 0.15) is 11.6 Å². The summed E-state index contributed by atoms with van der Waals surface area (Å²) in [5.41, 5.74) is 1.95. The molecule has 2 aromatic rings. The maximum absolute atomic E-state index is 12.5. The smallest absolute Gasteiger partial charge is 0.254 e. The highest BCUT2D eigenvalue weighted by Gasteiger charge is 2.32. The number of hydrogen-bond donors (Lipinski definition) is 1. The van der Waals surface area contributed by atoms with E-state index in [2.05, 4.69) is 15.5 Å². The second-order valence-electron chi connectivity index (χ2n) is 7.48. The van der Waals surface area contributed by atoms with Gasteiger partial charge in [-0.2, -0.15) is 0 Å². The van der Waals surface area contributed by atoms with Gasteiger partial charge in [-0.3, -0.25) is 9.59 Å². The number of carbonyl (C=O) groups is 2. The first kappa shape index (κ1) is 19.0. The first-order valence-corrected chi connectivity index (χ1v) is 10.4. The van der Waals surface area contributed by atoms with Crippen LogP contribution in [0.25, 0.3) is 0 Å². The molecule has 1 N–H and O–H groups in total. The van der Waals surface area contributed by atoms with Crippen LogP contribution in [0.5, 0.6) is 0 Å². The van der Waals surface area contributed by atoms with E-state index in [1.165, 1.54) is 11.3 Å². The van der Waals surface area contributed by atoms with E-state index in [1.807, 2.05) is 29.2 Å². The van der Waals surface area contributed by atoms with Crippen molar-refractivity contribution in [1.82, 2.24) is 15.1 Å². The molecule has 0 radical (unpaired) electrons. The molecule has 1 saturated carbocycles. The number of hydrogen-bond acceptors (Lipinski definition) is 6. The van der Waals surface area contributed by atoms with Crippen molar-refractivity contribution in [1.29, 1.82) is 0 Å². The summed E-state index contributed by atoms with van der Waals surface area (Å²) in [6.07, 6.45) is 3.61. The third kappa shape index (κ3) is 4.07. The number of methoxy groups -OCH3 is 1. The fraction of sp³-hybridized carbons (Fsp3) is 0.500. The monoisotopic (exact) mass is 400 g/mol. The Morgan fingerprint density at radius 3 is 2.79 bits per heavy atom. The summed E-state index contributed by atoms with van der Waals surface area (Å²) in [5.74, 6) is 0.608. The summed E-state index contributed by atoms with van der Waals surface area (Å²) in [6, 6.07) is 7.83. The second-order valence-corrected chi connectivity index (χ2v) is 8.55. The van der Waals surface area contributed by atoms with Crippen molar-refractivity contribution < 1.29 is 14.3 Å². The van der Waals surface area contributed by atoms with Gasteiger partial charge in [0.25, 0.3) is 5.91 Å². The Morgan fingerprint density at radius 1 is 1.25 bits per heavy atom. The van der Waals surface area contributed by atoms with E-state index in [-0.39, 0.29) is 17.7 Å². The summed E-state index contributed by atoms with van der Waals surface area (Å²) >= 11 is 1.34. The molecule has 148 valence electrons. The van der Waals surface area contributed by atoms with Gasteiger partial charge in [-0.25, -0.2) is 0 Å². The van der Waals surface area contributed by atoms with E-state index in [1.54, 1.807) is 7.11 Å². The number of nitrogens with zero attached hydrogens (tertiary/aromatic N) is 3. The molecule has 28 heavy (non-hydrogen) atoms. The molecule has 1 aliphatic heterocycles. The summed E-state index contributed by atoms with van der Waals surface area (Å²) in [4.78, 5) is 27.0. The number of amides is 2. The number of benzene rings is 1. The van der Waals surface area contributed by atoms with Crippen LogP contribution in [-0.4, -0.2) is 40.6 Å². The summed E-state index contributed by atoms with van der Waals surface area (Å²) in [7, 11) is 1.60. The molecule has 0 unspecified atom stereocenters. The van der Waals surface area contributed by atoms with Crippen LogP contribution in [0, 0.1) is 11.8 Å². The van der Waals surface area contributed by atoms with Gasteiger partial charge in [-0.15, -0.1) is 10.2 Å². The van der Waals surface area contributed by atoms with E-state index in [9.17, 15) is 9.59 Å². The molecule has 0 spiro atoms. The predicted octanol–water partition coefficient (Wildman–Crippen LogP) is 3.09.